The Morgan fingerprint density at radius 1 is 0.407 bits per heavy atom. The second kappa shape index (κ2) is 10.9. The number of hydrogen-bond donors (Lipinski definition) is 0. The normalized spacial score (nSPS) is 15.0. The molecule has 0 radical (unpaired) electrons. The largest absolute Gasteiger partial charge is 0.135 e. The van der Waals surface area contributed by atoms with Gasteiger partial charge in [-0.05, 0) is 122 Å². The molecular formula is C53H34S. The second-order valence-electron chi connectivity index (χ2n) is 15.6. The molecule has 2 aliphatic carbocycles. The molecule has 0 unspecified atom stereocenters. The minimum atomic E-state index is -0.189. The number of benzene rings is 9. The Kier molecular flexibility index (Phi) is 6.09. The maximum absolute atomic E-state index is 2.54. The monoisotopic (exact) mass is 702 g/mol. The van der Waals surface area contributed by atoms with Crippen LogP contribution in [-0.2, 0) is 0 Å². The van der Waals surface area contributed by atoms with E-state index in [1.54, 1.807) is 0 Å². The molecule has 0 bridgehead atoms. The van der Waals surface area contributed by atoms with Crippen molar-refractivity contribution in [3.63, 3.8) is 0 Å². The van der Waals surface area contributed by atoms with Crippen molar-refractivity contribution in [2.24, 2.45) is 5.41 Å². The molecule has 0 amide bonds. The van der Waals surface area contributed by atoms with Gasteiger partial charge in [-0.1, -0.05) is 153 Å². The lowest BCUT2D eigenvalue weighted by Gasteiger charge is -2.30. The van der Waals surface area contributed by atoms with Crippen molar-refractivity contribution < 1.29 is 0 Å². The summed E-state index contributed by atoms with van der Waals surface area (Å²) < 4.78 is 2.69. The van der Waals surface area contributed by atoms with Crippen LogP contribution in [0.15, 0.2) is 169 Å². The Balaban J connectivity index is 1.13. The summed E-state index contributed by atoms with van der Waals surface area (Å²) in [5.41, 5.74) is 7.80. The standard InChI is InChI=1S/C53H34S/c1-53(2)30-33(27-32-26-31-28-46-36-16-5-3-14-34(36)35-15-4-6-17-37(35)47(46)29-45(31)51(32)53)49-39-19-7-9-21-41(39)50(42-22-10-8-20-40(42)49)44-24-13-23-43-38-18-11-12-25-48(38)54-52(43)44/h3-30H,1-2H3. The topological polar surface area (TPSA) is 0 Å². The summed E-state index contributed by atoms with van der Waals surface area (Å²) in [5.74, 6) is 0. The molecule has 1 heterocycles. The highest BCUT2D eigenvalue weighted by molar-refractivity contribution is 7.26. The van der Waals surface area contributed by atoms with Gasteiger partial charge >= 0.3 is 0 Å². The zero-order chi connectivity index (χ0) is 35.7. The van der Waals surface area contributed by atoms with Crippen LogP contribution >= 0.6 is 11.3 Å². The zero-order valence-corrected chi connectivity index (χ0v) is 30.9. The van der Waals surface area contributed by atoms with E-state index in [4.69, 9.17) is 0 Å². The van der Waals surface area contributed by atoms with Gasteiger partial charge in [0.1, 0.15) is 0 Å². The fraction of sp³-hybridized carbons (Fsp3) is 0.0566. The molecular weight excluding hydrogens is 669 g/mol. The second-order valence-corrected chi connectivity index (χ2v) is 16.7. The van der Waals surface area contributed by atoms with E-state index in [2.05, 4.69) is 184 Å². The average molecular weight is 703 g/mol. The third-order valence-corrected chi connectivity index (χ3v) is 13.4. The molecule has 2 aliphatic rings. The molecule has 10 aromatic rings. The van der Waals surface area contributed by atoms with Gasteiger partial charge in [0.05, 0.1) is 0 Å². The molecule has 1 heteroatoms. The molecule has 0 aliphatic heterocycles. The van der Waals surface area contributed by atoms with Gasteiger partial charge in [0.25, 0.3) is 0 Å². The summed E-state index contributed by atoms with van der Waals surface area (Å²) in [5, 5.41) is 18.5. The van der Waals surface area contributed by atoms with Gasteiger partial charge in [0, 0.05) is 31.2 Å². The molecule has 0 fully saturated rings. The molecule has 0 N–H and O–H groups in total. The van der Waals surface area contributed by atoms with Crippen LogP contribution < -0.4 is 10.4 Å². The summed E-state index contributed by atoms with van der Waals surface area (Å²) in [4.78, 5) is 0. The lowest BCUT2D eigenvalue weighted by atomic mass is 9.73. The van der Waals surface area contributed by atoms with E-state index in [-0.39, 0.29) is 5.41 Å². The first-order chi connectivity index (χ1) is 26.5. The van der Waals surface area contributed by atoms with Crippen molar-refractivity contribution >= 4 is 103 Å². The third-order valence-electron chi connectivity index (χ3n) is 12.1. The van der Waals surface area contributed by atoms with Gasteiger partial charge in [0.15, 0.2) is 0 Å². The van der Waals surface area contributed by atoms with Crippen molar-refractivity contribution in [2.75, 3.05) is 0 Å². The fourth-order valence-corrected chi connectivity index (χ4v) is 11.2. The van der Waals surface area contributed by atoms with Gasteiger partial charge in [-0.15, -0.1) is 11.3 Å². The molecule has 1 aromatic heterocycles. The van der Waals surface area contributed by atoms with E-state index >= 15 is 0 Å². The number of hydrogen-bond acceptors (Lipinski definition) is 1. The van der Waals surface area contributed by atoms with Crippen molar-refractivity contribution in [3.05, 3.63) is 185 Å². The van der Waals surface area contributed by atoms with E-state index in [0.29, 0.717) is 0 Å². The minimum Gasteiger partial charge on any atom is -0.135 e. The molecule has 54 heavy (non-hydrogen) atoms. The fourth-order valence-electron chi connectivity index (χ4n) is 10.0. The van der Waals surface area contributed by atoms with Gasteiger partial charge in [-0.2, -0.15) is 0 Å². The van der Waals surface area contributed by atoms with Crippen LogP contribution in [0.25, 0.3) is 102 Å². The van der Waals surface area contributed by atoms with Crippen LogP contribution in [-0.4, -0.2) is 0 Å². The molecule has 0 saturated heterocycles. The maximum atomic E-state index is 2.54. The molecule has 252 valence electrons. The van der Waals surface area contributed by atoms with Gasteiger partial charge in [0.2, 0.25) is 0 Å². The number of thiophene rings is 1. The zero-order valence-electron chi connectivity index (χ0n) is 30.1. The molecule has 0 atom stereocenters. The van der Waals surface area contributed by atoms with Crippen molar-refractivity contribution in [2.45, 2.75) is 13.8 Å². The highest BCUT2D eigenvalue weighted by atomic mass is 32.1. The lowest BCUT2D eigenvalue weighted by Crippen LogP contribution is -2.28. The quantitative estimate of drug-likeness (QED) is 0.124. The van der Waals surface area contributed by atoms with Crippen molar-refractivity contribution in [3.8, 4) is 11.1 Å². The van der Waals surface area contributed by atoms with Crippen LogP contribution in [0.3, 0.4) is 0 Å². The first-order valence-corrected chi connectivity index (χ1v) is 19.7. The van der Waals surface area contributed by atoms with E-state index in [1.807, 2.05) is 11.3 Å². The lowest BCUT2D eigenvalue weighted by molar-refractivity contribution is 0.647. The number of allylic oxidation sites excluding steroid dienone is 4. The Hall–Kier alpha value is -6.28. The highest BCUT2D eigenvalue weighted by Gasteiger charge is 2.32. The predicted molar refractivity (Wildman–Crippen MR) is 236 cm³/mol. The Bertz CT molecular complexity index is 3460. The van der Waals surface area contributed by atoms with Crippen LogP contribution in [0.2, 0.25) is 0 Å². The molecule has 0 saturated carbocycles. The Morgan fingerprint density at radius 2 is 0.907 bits per heavy atom. The van der Waals surface area contributed by atoms with Gasteiger partial charge in [-0.25, -0.2) is 0 Å². The van der Waals surface area contributed by atoms with Gasteiger partial charge in [-0.3, -0.25) is 0 Å². The average Bonchev–Trinajstić information content (AvgIpc) is 3.78. The molecule has 0 nitrogen and oxygen atoms in total. The summed E-state index contributed by atoms with van der Waals surface area (Å²) in [7, 11) is 0. The van der Waals surface area contributed by atoms with E-state index in [9.17, 15) is 0 Å². The summed E-state index contributed by atoms with van der Waals surface area (Å²) >= 11 is 1.91. The molecule has 9 aromatic carbocycles. The van der Waals surface area contributed by atoms with Crippen LogP contribution in [0.4, 0.5) is 0 Å². The third kappa shape index (κ3) is 4.08. The summed E-state index contributed by atoms with van der Waals surface area (Å²) in [6, 6.07) is 56.6. The van der Waals surface area contributed by atoms with Gasteiger partial charge < -0.3 is 0 Å². The minimum absolute atomic E-state index is 0.189. The first-order valence-electron chi connectivity index (χ1n) is 18.9. The molecule has 12 rings (SSSR count). The van der Waals surface area contributed by atoms with Crippen molar-refractivity contribution in [1.29, 1.82) is 0 Å². The number of rotatable bonds is 2. The highest BCUT2D eigenvalue weighted by Crippen LogP contribution is 2.50. The first kappa shape index (κ1) is 30.2. The smallest absolute Gasteiger partial charge is 0.0434 e. The maximum Gasteiger partial charge on any atom is 0.0434 e. The Labute approximate surface area is 316 Å². The van der Waals surface area contributed by atoms with E-state index in [1.165, 1.54) is 118 Å². The Morgan fingerprint density at radius 3 is 1.54 bits per heavy atom. The van der Waals surface area contributed by atoms with Crippen LogP contribution in [0.5, 0.6) is 0 Å². The van der Waals surface area contributed by atoms with E-state index in [0.717, 1.165) is 0 Å². The number of fused-ring (bicyclic) bond motifs is 13. The summed E-state index contributed by atoms with van der Waals surface area (Å²) in [6.45, 7) is 4.81. The predicted octanol–water partition coefficient (Wildman–Crippen LogP) is 13.5. The van der Waals surface area contributed by atoms with Crippen LogP contribution in [0, 0.1) is 5.41 Å². The molecule has 0 spiro atoms. The SMILES string of the molecule is CC1(C)C=C(c2c3ccccc3c(-c3cccc4c3sc3ccccc34)c3ccccc23)C=C2C=c3cc4c5ccccc5c5ccccc5c4cc3=C21. The summed E-state index contributed by atoms with van der Waals surface area (Å²) in [6.07, 6.45) is 7.46. The van der Waals surface area contributed by atoms with E-state index < -0.39 is 0 Å². The van der Waals surface area contributed by atoms with Crippen LogP contribution in [0.1, 0.15) is 19.4 Å². The van der Waals surface area contributed by atoms with Crippen molar-refractivity contribution in [1.82, 2.24) is 0 Å².